The second kappa shape index (κ2) is 6.87. The average Bonchev–Trinajstić information content (AvgIpc) is 2.32. The molecule has 17 heavy (non-hydrogen) atoms. The zero-order chi connectivity index (χ0) is 13.5. The predicted molar refractivity (Wildman–Crippen MR) is 51.4 cm³/mol. The average molecular weight is 255 g/mol. The number of alkyl halides is 3. The van der Waals surface area contributed by atoms with E-state index in [4.69, 9.17) is 10.3 Å². The molecule has 5 nitrogen and oxygen atoms in total. The van der Waals surface area contributed by atoms with Crippen molar-refractivity contribution in [3.63, 3.8) is 0 Å². The van der Waals surface area contributed by atoms with Gasteiger partial charge in [0.05, 0.1) is 5.41 Å². The van der Waals surface area contributed by atoms with Crippen LogP contribution in [0.3, 0.4) is 0 Å². The van der Waals surface area contributed by atoms with Crippen LogP contribution in [0.2, 0.25) is 0 Å². The normalized spacial score (nSPS) is 14.4. The zero-order valence-electron chi connectivity index (χ0n) is 8.78. The minimum Gasteiger partial charge on any atom is -0.477 e. The van der Waals surface area contributed by atoms with Gasteiger partial charge in [-0.1, -0.05) is 5.16 Å². The van der Waals surface area contributed by atoms with E-state index in [9.17, 15) is 22.8 Å². The smallest absolute Gasteiger partial charge is 0.353 e. The Hall–Kier alpha value is -1.60. The molecular weight excluding hydrogens is 243 g/mol. The number of carboxylic acid groups (broad SMARTS) is 1. The maximum absolute atomic E-state index is 12.7. The van der Waals surface area contributed by atoms with Crippen molar-refractivity contribution in [2.45, 2.75) is 6.42 Å². The Morgan fingerprint density at radius 1 is 1.29 bits per heavy atom. The fourth-order valence-corrected chi connectivity index (χ4v) is 1.40. The van der Waals surface area contributed by atoms with Crippen LogP contribution in [0.15, 0.2) is 5.16 Å². The third-order valence-electron chi connectivity index (χ3n) is 2.53. The highest BCUT2D eigenvalue weighted by Crippen LogP contribution is 2.33. The number of aliphatic carboxylic acids is 1. The lowest BCUT2D eigenvalue weighted by Gasteiger charge is -2.31. The summed E-state index contributed by atoms with van der Waals surface area (Å²) >= 11 is 0. The summed E-state index contributed by atoms with van der Waals surface area (Å²) in [6.07, 6.45) is -0.460. The van der Waals surface area contributed by atoms with Crippen molar-refractivity contribution in [3.8, 4) is 0 Å². The highest BCUT2D eigenvalue weighted by atomic mass is 19.1. The molecule has 1 unspecified atom stereocenters. The molecule has 0 aromatic heterocycles. The number of rotatable bonds is 8. The zero-order valence-corrected chi connectivity index (χ0v) is 8.78. The van der Waals surface area contributed by atoms with Crippen LogP contribution in [0.25, 0.3) is 0 Å². The Labute approximate surface area is 94.9 Å². The molecule has 0 spiro atoms. The van der Waals surface area contributed by atoms with Crippen molar-refractivity contribution >= 4 is 18.0 Å². The lowest BCUT2D eigenvalue weighted by molar-refractivity contribution is -0.130. The number of aldehydes is 1. The number of hydrogen-bond acceptors (Lipinski definition) is 4. The maximum atomic E-state index is 12.7. The summed E-state index contributed by atoms with van der Waals surface area (Å²) in [4.78, 5) is 21.0. The molecule has 0 aliphatic heterocycles. The maximum Gasteiger partial charge on any atom is 0.353 e. The summed E-state index contributed by atoms with van der Waals surface area (Å²) in [6, 6.07) is 0. The molecule has 0 aromatic carbocycles. The van der Waals surface area contributed by atoms with E-state index in [0.717, 1.165) is 0 Å². The highest BCUT2D eigenvalue weighted by Gasteiger charge is 2.45. The van der Waals surface area contributed by atoms with E-state index in [1.54, 1.807) is 0 Å². The molecule has 0 saturated carbocycles. The van der Waals surface area contributed by atoms with Crippen LogP contribution < -0.4 is 0 Å². The largest absolute Gasteiger partial charge is 0.477 e. The number of carboxylic acids is 1. The molecule has 2 N–H and O–H groups in total. The standard InChI is InChI=1S/C9H12F3NO4/c10-3-9(4-11,5-12)6(1-2-14)7(13-17)8(15)16/h2,6,17H,1,3-5H2,(H,15,16). The van der Waals surface area contributed by atoms with Crippen LogP contribution in [0.4, 0.5) is 13.2 Å². The van der Waals surface area contributed by atoms with Crippen molar-refractivity contribution in [3.05, 3.63) is 0 Å². The Kier molecular flexibility index (Phi) is 6.22. The minimum atomic E-state index is -2.30. The first-order chi connectivity index (χ1) is 8.02. The van der Waals surface area contributed by atoms with Gasteiger partial charge < -0.3 is 15.1 Å². The molecular formula is C9H12F3NO4. The molecule has 0 aromatic rings. The molecule has 0 fully saturated rings. The Morgan fingerprint density at radius 3 is 2.00 bits per heavy atom. The fourth-order valence-electron chi connectivity index (χ4n) is 1.40. The van der Waals surface area contributed by atoms with E-state index in [1.165, 1.54) is 0 Å². The van der Waals surface area contributed by atoms with Crippen LogP contribution >= 0.6 is 0 Å². The number of hydrogen-bond donors (Lipinski definition) is 2. The van der Waals surface area contributed by atoms with Crippen LogP contribution in [0, 0.1) is 11.3 Å². The molecule has 0 amide bonds. The Morgan fingerprint density at radius 2 is 1.76 bits per heavy atom. The first kappa shape index (κ1) is 15.4. The van der Waals surface area contributed by atoms with E-state index in [2.05, 4.69) is 5.16 Å². The van der Waals surface area contributed by atoms with Gasteiger partial charge in [0.15, 0.2) is 5.71 Å². The Balaban J connectivity index is 5.46. The molecule has 0 rings (SSSR count). The van der Waals surface area contributed by atoms with E-state index in [1.807, 2.05) is 0 Å². The topological polar surface area (TPSA) is 87.0 Å². The van der Waals surface area contributed by atoms with Gasteiger partial charge in [0.1, 0.15) is 26.3 Å². The molecule has 0 saturated heterocycles. The second-order valence-electron chi connectivity index (χ2n) is 3.51. The van der Waals surface area contributed by atoms with Crippen molar-refractivity contribution < 1.29 is 33.1 Å². The first-order valence-electron chi connectivity index (χ1n) is 4.59. The molecule has 0 aliphatic rings. The van der Waals surface area contributed by atoms with Crippen molar-refractivity contribution in [2.75, 3.05) is 20.0 Å². The van der Waals surface area contributed by atoms with Crippen LogP contribution in [-0.4, -0.2) is 48.3 Å². The SMILES string of the molecule is O=CCC(C(=NO)C(=O)O)C(CF)(CF)CF. The van der Waals surface area contributed by atoms with Gasteiger partial charge in [-0.2, -0.15) is 0 Å². The number of nitrogens with zero attached hydrogens (tertiary/aromatic N) is 1. The lowest BCUT2D eigenvalue weighted by Crippen LogP contribution is -2.44. The summed E-state index contributed by atoms with van der Waals surface area (Å²) in [7, 11) is 0. The monoisotopic (exact) mass is 255 g/mol. The van der Waals surface area contributed by atoms with Gasteiger partial charge in [0.25, 0.3) is 0 Å². The molecule has 8 heteroatoms. The first-order valence-corrected chi connectivity index (χ1v) is 4.59. The minimum absolute atomic E-state index is 0.189. The third kappa shape index (κ3) is 3.18. The summed E-state index contributed by atoms with van der Waals surface area (Å²) in [5, 5.41) is 19.5. The molecule has 0 aliphatic carbocycles. The Bertz CT molecular complexity index is 296. The molecule has 98 valence electrons. The number of oxime groups is 1. The molecule has 0 heterocycles. The summed E-state index contributed by atoms with van der Waals surface area (Å²) < 4.78 is 38.2. The van der Waals surface area contributed by atoms with E-state index in [-0.39, 0.29) is 6.29 Å². The van der Waals surface area contributed by atoms with Crippen molar-refractivity contribution in [1.29, 1.82) is 0 Å². The number of carbonyl (C=O) groups excluding carboxylic acids is 1. The van der Waals surface area contributed by atoms with Gasteiger partial charge in [0, 0.05) is 12.3 Å². The summed E-state index contributed by atoms with van der Waals surface area (Å²) in [6.45, 7) is -4.53. The van der Waals surface area contributed by atoms with Gasteiger partial charge in [-0.25, -0.2) is 4.79 Å². The van der Waals surface area contributed by atoms with Crippen molar-refractivity contribution in [1.82, 2.24) is 0 Å². The lowest BCUT2D eigenvalue weighted by atomic mass is 9.74. The second-order valence-corrected chi connectivity index (χ2v) is 3.51. The molecule has 0 radical (unpaired) electrons. The predicted octanol–water partition coefficient (Wildman–Crippen LogP) is 1.00. The number of halogens is 3. The summed E-state index contributed by atoms with van der Waals surface area (Å²) in [5.41, 5.74) is -3.34. The van der Waals surface area contributed by atoms with Crippen LogP contribution in [-0.2, 0) is 9.59 Å². The van der Waals surface area contributed by atoms with Crippen molar-refractivity contribution in [2.24, 2.45) is 16.5 Å². The van der Waals surface area contributed by atoms with E-state index in [0.29, 0.717) is 0 Å². The fraction of sp³-hybridized carbons (Fsp3) is 0.667. The van der Waals surface area contributed by atoms with Gasteiger partial charge >= 0.3 is 5.97 Å². The quantitative estimate of drug-likeness (QED) is 0.293. The van der Waals surface area contributed by atoms with Gasteiger partial charge in [-0.15, -0.1) is 0 Å². The summed E-state index contributed by atoms with van der Waals surface area (Å²) in [5.74, 6) is -3.43. The number of carbonyl (C=O) groups is 2. The third-order valence-corrected chi connectivity index (χ3v) is 2.53. The van der Waals surface area contributed by atoms with Crippen LogP contribution in [0.1, 0.15) is 6.42 Å². The van der Waals surface area contributed by atoms with Gasteiger partial charge in [-0.3, -0.25) is 13.2 Å². The van der Waals surface area contributed by atoms with Gasteiger partial charge in [0.2, 0.25) is 0 Å². The highest BCUT2D eigenvalue weighted by molar-refractivity contribution is 6.36. The molecule has 0 bridgehead atoms. The van der Waals surface area contributed by atoms with E-state index >= 15 is 0 Å². The molecule has 1 atom stereocenters. The van der Waals surface area contributed by atoms with Gasteiger partial charge in [-0.05, 0) is 0 Å². The van der Waals surface area contributed by atoms with Crippen LogP contribution in [0.5, 0.6) is 0 Å². The van der Waals surface area contributed by atoms with E-state index < -0.39 is 49.5 Å².